The van der Waals surface area contributed by atoms with Crippen LogP contribution in [0, 0.1) is 25.2 Å². The maximum absolute atomic E-state index is 13.1. The molecule has 0 bridgehead atoms. The Morgan fingerprint density at radius 1 is 1.07 bits per heavy atom. The number of fused-ring (bicyclic) bond motifs is 1. The standard InChI is InChI=1S/C24H26N2O/c1-16-17(2)23-15-26(21-6-4-3-5-7-21)24(27)22(23)13-20(16)12-18-8-10-19(14-25)11-9-18/h8-11,13,21H,3-7,12,15H2,1-2H3. The van der Waals surface area contributed by atoms with E-state index in [2.05, 4.69) is 30.9 Å². The molecule has 1 amide bonds. The summed E-state index contributed by atoms with van der Waals surface area (Å²) in [5.41, 5.74) is 7.76. The molecular formula is C24H26N2O. The molecule has 3 nitrogen and oxygen atoms in total. The van der Waals surface area contributed by atoms with E-state index in [4.69, 9.17) is 5.26 Å². The lowest BCUT2D eigenvalue weighted by atomic mass is 9.91. The second-order valence-electron chi connectivity index (χ2n) is 8.02. The van der Waals surface area contributed by atoms with Gasteiger partial charge in [-0.15, -0.1) is 0 Å². The maximum atomic E-state index is 13.1. The molecule has 0 atom stereocenters. The van der Waals surface area contributed by atoms with E-state index in [1.807, 2.05) is 24.3 Å². The molecule has 27 heavy (non-hydrogen) atoms. The van der Waals surface area contributed by atoms with Gasteiger partial charge < -0.3 is 4.90 Å². The van der Waals surface area contributed by atoms with Crippen LogP contribution in [0.1, 0.15) is 75.8 Å². The summed E-state index contributed by atoms with van der Waals surface area (Å²) in [4.78, 5) is 15.3. The summed E-state index contributed by atoms with van der Waals surface area (Å²) < 4.78 is 0. The molecule has 4 rings (SSSR count). The van der Waals surface area contributed by atoms with Gasteiger partial charge in [-0.3, -0.25) is 4.79 Å². The number of hydrogen-bond acceptors (Lipinski definition) is 2. The number of carbonyl (C=O) groups is 1. The van der Waals surface area contributed by atoms with Gasteiger partial charge in [0.05, 0.1) is 11.6 Å². The van der Waals surface area contributed by atoms with Crippen molar-refractivity contribution in [1.29, 1.82) is 5.26 Å². The van der Waals surface area contributed by atoms with Crippen molar-refractivity contribution in [2.24, 2.45) is 0 Å². The van der Waals surface area contributed by atoms with Crippen molar-refractivity contribution < 1.29 is 4.79 Å². The van der Waals surface area contributed by atoms with Gasteiger partial charge in [-0.05, 0) is 79.1 Å². The van der Waals surface area contributed by atoms with Gasteiger partial charge in [0.2, 0.25) is 0 Å². The van der Waals surface area contributed by atoms with E-state index >= 15 is 0 Å². The lowest BCUT2D eigenvalue weighted by Crippen LogP contribution is -2.36. The van der Waals surface area contributed by atoms with Crippen molar-refractivity contribution in [2.45, 2.75) is 65.0 Å². The second kappa shape index (κ2) is 7.19. The van der Waals surface area contributed by atoms with E-state index in [1.54, 1.807) is 0 Å². The van der Waals surface area contributed by atoms with Gasteiger partial charge in [0, 0.05) is 18.2 Å². The van der Waals surface area contributed by atoms with Gasteiger partial charge in [-0.25, -0.2) is 0 Å². The largest absolute Gasteiger partial charge is 0.331 e. The summed E-state index contributed by atoms with van der Waals surface area (Å²) in [6.45, 7) is 5.11. The highest BCUT2D eigenvalue weighted by molar-refractivity contribution is 5.99. The predicted molar refractivity (Wildman–Crippen MR) is 107 cm³/mol. The first-order valence-corrected chi connectivity index (χ1v) is 10.0. The number of benzene rings is 2. The Kier molecular flexibility index (Phi) is 4.74. The Balaban J connectivity index is 1.63. The van der Waals surface area contributed by atoms with Crippen molar-refractivity contribution >= 4 is 5.91 Å². The van der Waals surface area contributed by atoms with Crippen LogP contribution < -0.4 is 0 Å². The normalized spacial score (nSPS) is 17.1. The lowest BCUT2D eigenvalue weighted by molar-refractivity contribution is 0.0660. The van der Waals surface area contributed by atoms with Crippen LogP contribution in [0.5, 0.6) is 0 Å². The molecule has 1 aliphatic heterocycles. The van der Waals surface area contributed by atoms with Crippen LogP contribution in [0.3, 0.4) is 0 Å². The van der Waals surface area contributed by atoms with Crippen LogP contribution in [0.4, 0.5) is 0 Å². The molecular weight excluding hydrogens is 332 g/mol. The third-order valence-corrected chi connectivity index (χ3v) is 6.45. The van der Waals surface area contributed by atoms with Crippen LogP contribution in [0.2, 0.25) is 0 Å². The zero-order valence-electron chi connectivity index (χ0n) is 16.2. The van der Waals surface area contributed by atoms with E-state index in [1.165, 1.54) is 47.1 Å². The Morgan fingerprint density at radius 3 is 2.44 bits per heavy atom. The van der Waals surface area contributed by atoms with E-state index in [9.17, 15) is 4.79 Å². The Morgan fingerprint density at radius 2 is 1.78 bits per heavy atom. The van der Waals surface area contributed by atoms with Crippen molar-refractivity contribution in [3.63, 3.8) is 0 Å². The highest BCUT2D eigenvalue weighted by Gasteiger charge is 2.35. The van der Waals surface area contributed by atoms with Crippen LogP contribution >= 0.6 is 0 Å². The highest BCUT2D eigenvalue weighted by Crippen LogP contribution is 2.35. The molecule has 138 valence electrons. The van der Waals surface area contributed by atoms with E-state index in [0.29, 0.717) is 11.6 Å². The molecule has 1 fully saturated rings. The van der Waals surface area contributed by atoms with Gasteiger partial charge in [-0.2, -0.15) is 5.26 Å². The minimum absolute atomic E-state index is 0.223. The Bertz CT molecular complexity index is 915. The summed E-state index contributed by atoms with van der Waals surface area (Å²) in [6, 6.07) is 12.5. The summed E-state index contributed by atoms with van der Waals surface area (Å²) in [5.74, 6) is 0.223. The number of carbonyl (C=O) groups excluding carboxylic acids is 1. The maximum Gasteiger partial charge on any atom is 0.254 e. The average Bonchev–Trinajstić information content (AvgIpc) is 3.04. The van der Waals surface area contributed by atoms with Crippen molar-refractivity contribution in [3.8, 4) is 6.07 Å². The second-order valence-corrected chi connectivity index (χ2v) is 8.02. The van der Waals surface area contributed by atoms with Crippen molar-refractivity contribution in [1.82, 2.24) is 4.90 Å². The monoisotopic (exact) mass is 358 g/mol. The molecule has 0 saturated heterocycles. The molecule has 0 unspecified atom stereocenters. The Hall–Kier alpha value is -2.60. The van der Waals surface area contributed by atoms with Crippen LogP contribution in [-0.4, -0.2) is 16.8 Å². The highest BCUT2D eigenvalue weighted by atomic mass is 16.2. The van der Waals surface area contributed by atoms with Crippen molar-refractivity contribution in [3.05, 3.63) is 69.3 Å². The number of rotatable bonds is 3. The third-order valence-electron chi connectivity index (χ3n) is 6.45. The van der Waals surface area contributed by atoms with Crippen LogP contribution in [0.25, 0.3) is 0 Å². The first-order chi connectivity index (χ1) is 13.1. The number of nitrogens with zero attached hydrogens (tertiary/aromatic N) is 2. The van der Waals surface area contributed by atoms with E-state index in [0.717, 1.165) is 31.4 Å². The first kappa shape index (κ1) is 17.8. The first-order valence-electron chi connectivity index (χ1n) is 10.0. The van der Waals surface area contributed by atoms with Crippen LogP contribution in [0.15, 0.2) is 30.3 Å². The fourth-order valence-electron chi connectivity index (χ4n) is 4.62. The molecule has 0 radical (unpaired) electrons. The van der Waals surface area contributed by atoms with Gasteiger partial charge in [-0.1, -0.05) is 31.4 Å². The quantitative estimate of drug-likeness (QED) is 0.770. The minimum atomic E-state index is 0.223. The molecule has 2 aromatic carbocycles. The summed E-state index contributed by atoms with van der Waals surface area (Å²) in [7, 11) is 0. The number of nitriles is 1. The van der Waals surface area contributed by atoms with Gasteiger partial charge in [0.15, 0.2) is 0 Å². The third kappa shape index (κ3) is 3.25. The molecule has 3 heteroatoms. The molecule has 2 aliphatic rings. The minimum Gasteiger partial charge on any atom is -0.331 e. The fourth-order valence-corrected chi connectivity index (χ4v) is 4.62. The molecule has 1 heterocycles. The van der Waals surface area contributed by atoms with E-state index in [-0.39, 0.29) is 5.91 Å². The summed E-state index contributed by atoms with van der Waals surface area (Å²) in [5, 5.41) is 8.97. The summed E-state index contributed by atoms with van der Waals surface area (Å²) >= 11 is 0. The molecule has 1 saturated carbocycles. The predicted octanol–water partition coefficient (Wildman–Crippen LogP) is 5.05. The number of hydrogen-bond donors (Lipinski definition) is 0. The Labute approximate surface area is 161 Å². The van der Waals surface area contributed by atoms with E-state index < -0.39 is 0 Å². The van der Waals surface area contributed by atoms with Crippen LogP contribution in [-0.2, 0) is 13.0 Å². The molecule has 0 aromatic heterocycles. The summed E-state index contributed by atoms with van der Waals surface area (Å²) in [6.07, 6.45) is 6.88. The fraction of sp³-hybridized carbons (Fsp3) is 0.417. The van der Waals surface area contributed by atoms with Gasteiger partial charge in [0.25, 0.3) is 5.91 Å². The molecule has 0 N–H and O–H groups in total. The lowest BCUT2D eigenvalue weighted by Gasteiger charge is -2.30. The molecule has 0 spiro atoms. The number of amides is 1. The zero-order valence-corrected chi connectivity index (χ0v) is 16.2. The molecule has 2 aromatic rings. The molecule has 1 aliphatic carbocycles. The SMILES string of the molecule is Cc1c(Cc2ccc(C#N)cc2)cc2c(c1C)CN(C1CCCCC1)C2=O. The van der Waals surface area contributed by atoms with Crippen molar-refractivity contribution in [2.75, 3.05) is 0 Å². The topological polar surface area (TPSA) is 44.1 Å². The van der Waals surface area contributed by atoms with Gasteiger partial charge >= 0.3 is 0 Å². The van der Waals surface area contributed by atoms with Gasteiger partial charge in [0.1, 0.15) is 0 Å². The smallest absolute Gasteiger partial charge is 0.254 e. The zero-order chi connectivity index (χ0) is 19.0. The average molecular weight is 358 g/mol.